The number of benzene rings is 1. The fraction of sp³-hybridized carbons (Fsp3) is 0.500. The van der Waals surface area contributed by atoms with Gasteiger partial charge in [0.05, 0.1) is 12.0 Å². The predicted molar refractivity (Wildman–Crippen MR) is 76.9 cm³/mol. The number of carbonyl (C=O) groups is 1. The molecule has 0 bridgehead atoms. The van der Waals surface area contributed by atoms with E-state index >= 15 is 0 Å². The molecule has 0 amide bonds. The molecule has 5 nitrogen and oxygen atoms in total. The van der Waals surface area contributed by atoms with Crippen molar-refractivity contribution >= 4 is 16.0 Å². The van der Waals surface area contributed by atoms with Crippen LogP contribution in [0.15, 0.2) is 29.2 Å². The fourth-order valence-corrected chi connectivity index (χ4v) is 3.23. The summed E-state index contributed by atoms with van der Waals surface area (Å²) in [4.78, 5) is 11.5. The molecule has 1 aromatic carbocycles. The van der Waals surface area contributed by atoms with E-state index in [1.54, 1.807) is 19.1 Å². The number of likely N-dealkylation sites (N-methyl/N-ethyl adjacent to an activating group) is 1. The van der Waals surface area contributed by atoms with Gasteiger partial charge in [-0.1, -0.05) is 32.4 Å². The molecule has 0 radical (unpaired) electrons. The number of nitrogens with zero attached hydrogens (tertiary/aromatic N) is 1. The van der Waals surface area contributed by atoms with Crippen LogP contribution >= 0.6 is 0 Å². The van der Waals surface area contributed by atoms with Gasteiger partial charge in [0, 0.05) is 6.54 Å². The zero-order valence-electron chi connectivity index (χ0n) is 12.1. The second kappa shape index (κ2) is 7.40. The molecule has 6 heteroatoms. The second-order valence-corrected chi connectivity index (χ2v) is 6.34. The Morgan fingerprint density at radius 3 is 2.25 bits per heavy atom. The van der Waals surface area contributed by atoms with E-state index < -0.39 is 16.0 Å². The highest BCUT2D eigenvalue weighted by Crippen LogP contribution is 2.17. The van der Waals surface area contributed by atoms with Gasteiger partial charge >= 0.3 is 5.97 Å². The number of sulfonamides is 1. The standard InChI is InChI=1S/C14H21NO4S/c1-4-6-12-7-9-13(10-8-12)20(17,18)15(5-2)11-14(16)19-3/h7-10H,4-6,11H2,1-3H3. The van der Waals surface area contributed by atoms with E-state index in [9.17, 15) is 13.2 Å². The molecule has 20 heavy (non-hydrogen) atoms. The van der Waals surface area contributed by atoms with Crippen LogP contribution < -0.4 is 0 Å². The summed E-state index contributed by atoms with van der Waals surface area (Å²) >= 11 is 0. The number of hydrogen-bond acceptors (Lipinski definition) is 4. The third-order valence-electron chi connectivity index (χ3n) is 2.99. The number of methoxy groups -OCH3 is 1. The molecule has 0 aliphatic carbocycles. The van der Waals surface area contributed by atoms with Gasteiger partial charge in [-0.25, -0.2) is 8.42 Å². The van der Waals surface area contributed by atoms with Crippen molar-refractivity contribution < 1.29 is 17.9 Å². The molecular weight excluding hydrogens is 278 g/mol. The Balaban J connectivity index is 2.98. The van der Waals surface area contributed by atoms with Gasteiger partial charge in [0.2, 0.25) is 10.0 Å². The Morgan fingerprint density at radius 2 is 1.80 bits per heavy atom. The van der Waals surface area contributed by atoms with Crippen molar-refractivity contribution in [1.29, 1.82) is 0 Å². The maximum Gasteiger partial charge on any atom is 0.321 e. The van der Waals surface area contributed by atoms with E-state index in [1.165, 1.54) is 7.11 Å². The highest BCUT2D eigenvalue weighted by atomic mass is 32.2. The Morgan fingerprint density at radius 1 is 1.20 bits per heavy atom. The van der Waals surface area contributed by atoms with Gasteiger partial charge in [0.25, 0.3) is 0 Å². The van der Waals surface area contributed by atoms with Crippen LogP contribution in [0, 0.1) is 0 Å². The van der Waals surface area contributed by atoms with Crippen molar-refractivity contribution in [2.24, 2.45) is 0 Å². The molecule has 0 atom stereocenters. The topological polar surface area (TPSA) is 63.7 Å². The van der Waals surface area contributed by atoms with E-state index in [4.69, 9.17) is 0 Å². The summed E-state index contributed by atoms with van der Waals surface area (Å²) in [5, 5.41) is 0. The van der Waals surface area contributed by atoms with Crippen molar-refractivity contribution in [3.05, 3.63) is 29.8 Å². The summed E-state index contributed by atoms with van der Waals surface area (Å²) in [7, 11) is -2.42. The Labute approximate surface area is 120 Å². The normalized spacial score (nSPS) is 11.6. The third kappa shape index (κ3) is 4.05. The van der Waals surface area contributed by atoms with Crippen LogP contribution in [0.3, 0.4) is 0 Å². The number of carbonyl (C=O) groups excluding carboxylic acids is 1. The maximum atomic E-state index is 12.4. The van der Waals surface area contributed by atoms with E-state index in [-0.39, 0.29) is 18.0 Å². The van der Waals surface area contributed by atoms with Gasteiger partial charge in [0.15, 0.2) is 0 Å². The number of ether oxygens (including phenoxy) is 1. The zero-order valence-corrected chi connectivity index (χ0v) is 12.9. The molecule has 0 aliphatic heterocycles. The molecule has 112 valence electrons. The average Bonchev–Trinajstić information content (AvgIpc) is 2.45. The Hall–Kier alpha value is -1.40. The van der Waals surface area contributed by atoms with Crippen molar-refractivity contribution in [1.82, 2.24) is 4.31 Å². The predicted octanol–water partition coefficient (Wildman–Crippen LogP) is 1.82. The van der Waals surface area contributed by atoms with E-state index in [1.807, 2.05) is 12.1 Å². The lowest BCUT2D eigenvalue weighted by atomic mass is 10.1. The summed E-state index contributed by atoms with van der Waals surface area (Å²) < 4.78 is 30.4. The molecule has 0 saturated carbocycles. The van der Waals surface area contributed by atoms with Crippen LogP contribution in [-0.4, -0.2) is 38.9 Å². The average molecular weight is 299 g/mol. The lowest BCUT2D eigenvalue weighted by Crippen LogP contribution is -2.36. The highest BCUT2D eigenvalue weighted by molar-refractivity contribution is 7.89. The SMILES string of the molecule is CCCc1ccc(S(=O)(=O)N(CC)CC(=O)OC)cc1. The maximum absolute atomic E-state index is 12.4. The van der Waals surface area contributed by atoms with E-state index in [0.717, 1.165) is 22.7 Å². The molecule has 0 unspecified atom stereocenters. The van der Waals surface area contributed by atoms with Crippen LogP contribution in [0.25, 0.3) is 0 Å². The molecule has 0 heterocycles. The molecule has 0 N–H and O–H groups in total. The summed E-state index contributed by atoms with van der Waals surface area (Å²) in [6.45, 7) is 3.70. The van der Waals surface area contributed by atoms with Gasteiger partial charge in [-0.3, -0.25) is 4.79 Å². The van der Waals surface area contributed by atoms with E-state index in [0.29, 0.717) is 0 Å². The fourth-order valence-electron chi connectivity index (χ4n) is 1.84. The van der Waals surface area contributed by atoms with Gasteiger partial charge in [0.1, 0.15) is 6.54 Å². The molecular formula is C14H21NO4S. The first-order valence-electron chi connectivity index (χ1n) is 6.61. The monoisotopic (exact) mass is 299 g/mol. The number of rotatable bonds is 7. The summed E-state index contributed by atoms with van der Waals surface area (Å²) in [5.74, 6) is -0.571. The summed E-state index contributed by atoms with van der Waals surface area (Å²) in [5.41, 5.74) is 1.10. The quantitative estimate of drug-likeness (QED) is 0.721. The van der Waals surface area contributed by atoms with Gasteiger partial charge in [-0.15, -0.1) is 0 Å². The van der Waals surface area contributed by atoms with Crippen molar-refractivity contribution in [3.8, 4) is 0 Å². The molecule has 0 spiro atoms. The number of hydrogen-bond donors (Lipinski definition) is 0. The molecule has 0 aliphatic rings. The van der Waals surface area contributed by atoms with Crippen LogP contribution in [-0.2, 0) is 26.0 Å². The van der Waals surface area contributed by atoms with Crippen LogP contribution in [0.1, 0.15) is 25.8 Å². The molecule has 1 aromatic rings. The lowest BCUT2D eigenvalue weighted by molar-refractivity contribution is -0.140. The third-order valence-corrected chi connectivity index (χ3v) is 4.92. The minimum absolute atomic E-state index is 0.197. The van der Waals surface area contributed by atoms with Crippen molar-refractivity contribution in [3.63, 3.8) is 0 Å². The minimum Gasteiger partial charge on any atom is -0.468 e. The summed E-state index contributed by atoms with van der Waals surface area (Å²) in [6, 6.07) is 6.78. The highest BCUT2D eigenvalue weighted by Gasteiger charge is 2.25. The van der Waals surface area contributed by atoms with Gasteiger partial charge in [-0.05, 0) is 24.1 Å². The Bertz CT molecular complexity index is 537. The first kappa shape index (κ1) is 16.7. The lowest BCUT2D eigenvalue weighted by Gasteiger charge is -2.19. The van der Waals surface area contributed by atoms with Crippen LogP contribution in [0.4, 0.5) is 0 Å². The molecule has 0 aromatic heterocycles. The Kier molecular flexibility index (Phi) is 6.16. The number of esters is 1. The van der Waals surface area contributed by atoms with Crippen molar-refractivity contribution in [2.45, 2.75) is 31.6 Å². The van der Waals surface area contributed by atoms with Crippen molar-refractivity contribution in [2.75, 3.05) is 20.2 Å². The largest absolute Gasteiger partial charge is 0.468 e. The molecule has 0 fully saturated rings. The van der Waals surface area contributed by atoms with Crippen LogP contribution in [0.2, 0.25) is 0 Å². The smallest absolute Gasteiger partial charge is 0.321 e. The molecule has 1 rings (SSSR count). The van der Waals surface area contributed by atoms with Gasteiger partial charge < -0.3 is 4.74 Å². The first-order chi connectivity index (χ1) is 9.45. The summed E-state index contributed by atoms with van der Waals surface area (Å²) in [6.07, 6.45) is 1.93. The van der Waals surface area contributed by atoms with Gasteiger partial charge in [-0.2, -0.15) is 4.31 Å². The zero-order chi connectivity index (χ0) is 15.2. The van der Waals surface area contributed by atoms with E-state index in [2.05, 4.69) is 11.7 Å². The number of aryl methyl sites for hydroxylation is 1. The van der Waals surface area contributed by atoms with Crippen LogP contribution in [0.5, 0.6) is 0 Å². The minimum atomic E-state index is -3.66. The second-order valence-electron chi connectivity index (χ2n) is 4.40. The molecule has 0 saturated heterocycles. The first-order valence-corrected chi connectivity index (χ1v) is 8.05.